The first-order valence-electron chi connectivity index (χ1n) is 11.8. The highest BCUT2D eigenvalue weighted by Crippen LogP contribution is 2.37. The lowest BCUT2D eigenvalue weighted by Crippen LogP contribution is -2.43. The van der Waals surface area contributed by atoms with Gasteiger partial charge in [0.15, 0.2) is 0 Å². The number of ether oxygens (including phenoxy) is 1. The number of amides is 1. The normalized spacial score (nSPS) is 23.7. The number of halogens is 1. The molecule has 3 fully saturated rings. The first kappa shape index (κ1) is 22.5. The number of carbonyl (C=O) groups is 1. The zero-order valence-electron chi connectivity index (χ0n) is 18.5. The Kier molecular flexibility index (Phi) is 7.00. The average molecular weight is 519 g/mol. The summed E-state index contributed by atoms with van der Waals surface area (Å²) in [6.45, 7) is 5.64. The fourth-order valence-electron chi connectivity index (χ4n) is 5.34. The maximum Gasteiger partial charge on any atom is 0.265 e. The Morgan fingerprint density at radius 1 is 1.03 bits per heavy atom. The summed E-state index contributed by atoms with van der Waals surface area (Å²) in [5.41, 5.74) is 8.61. The van der Waals surface area contributed by atoms with Crippen LogP contribution in [-0.2, 0) is 4.74 Å². The third-order valence-electron chi connectivity index (χ3n) is 7.30. The Labute approximate surface area is 203 Å². The quantitative estimate of drug-likeness (QED) is 0.637. The maximum absolute atomic E-state index is 12.9. The molecule has 5 nitrogen and oxygen atoms in total. The summed E-state index contributed by atoms with van der Waals surface area (Å²) < 4.78 is 6.41. The summed E-state index contributed by atoms with van der Waals surface area (Å²) >= 11 is 5.18. The van der Waals surface area contributed by atoms with Crippen molar-refractivity contribution in [1.29, 1.82) is 0 Å². The topological polar surface area (TPSA) is 58.8 Å². The molecule has 4 heterocycles. The van der Waals surface area contributed by atoms with Gasteiger partial charge in [-0.2, -0.15) is 0 Å². The van der Waals surface area contributed by atoms with Crippen molar-refractivity contribution in [3.63, 3.8) is 0 Å². The molecule has 3 aliphatic rings. The average Bonchev–Trinajstić information content (AvgIpc) is 3.45. The van der Waals surface area contributed by atoms with Crippen LogP contribution in [0, 0.1) is 0 Å². The minimum atomic E-state index is 0.0917. The molecule has 5 rings (SSSR count). The van der Waals surface area contributed by atoms with Crippen molar-refractivity contribution in [3.05, 3.63) is 45.2 Å². The molecule has 0 spiro atoms. The highest BCUT2D eigenvalue weighted by atomic mass is 79.9. The standard InChI is InChI=1S/C25H32BrN3O2S/c26-22-15-23(32-24(22)25(30)29-12-7-20(27)16-29)19-3-1-17(2-4-19)18-5-10-28(11-6-18)21-8-13-31-14-9-21/h1-4,15,18,20-21H,5-14,16,27H2/t20-/m0/s1. The molecule has 7 heteroatoms. The highest BCUT2D eigenvalue weighted by Gasteiger charge is 2.28. The maximum atomic E-state index is 12.9. The number of nitrogens with two attached hydrogens (primary N) is 1. The molecule has 2 N–H and O–H groups in total. The molecule has 0 aliphatic carbocycles. The van der Waals surface area contributed by atoms with Gasteiger partial charge < -0.3 is 20.3 Å². The molecule has 3 aliphatic heterocycles. The summed E-state index contributed by atoms with van der Waals surface area (Å²) in [4.78, 5) is 19.4. The lowest BCUT2D eigenvalue weighted by molar-refractivity contribution is 0.0252. The van der Waals surface area contributed by atoms with Crippen LogP contribution in [0.2, 0.25) is 0 Å². The summed E-state index contributed by atoms with van der Waals surface area (Å²) in [6, 6.07) is 11.9. The van der Waals surface area contributed by atoms with E-state index in [1.165, 1.54) is 49.9 Å². The van der Waals surface area contributed by atoms with Crippen LogP contribution in [-0.4, -0.2) is 67.2 Å². The van der Waals surface area contributed by atoms with E-state index in [0.717, 1.165) is 46.4 Å². The van der Waals surface area contributed by atoms with Crippen molar-refractivity contribution in [2.24, 2.45) is 5.73 Å². The van der Waals surface area contributed by atoms with E-state index < -0.39 is 0 Å². The van der Waals surface area contributed by atoms with Crippen LogP contribution < -0.4 is 5.73 Å². The molecular formula is C25H32BrN3O2S. The Morgan fingerprint density at radius 2 is 1.75 bits per heavy atom. The second-order valence-electron chi connectivity index (χ2n) is 9.36. The predicted molar refractivity (Wildman–Crippen MR) is 133 cm³/mol. The second kappa shape index (κ2) is 9.94. The molecule has 32 heavy (non-hydrogen) atoms. The van der Waals surface area contributed by atoms with Gasteiger partial charge >= 0.3 is 0 Å². The number of piperidine rings is 1. The molecule has 1 aromatic heterocycles. The summed E-state index contributed by atoms with van der Waals surface area (Å²) in [5, 5.41) is 0. The second-order valence-corrected chi connectivity index (χ2v) is 11.3. The van der Waals surface area contributed by atoms with Crippen molar-refractivity contribution < 1.29 is 9.53 Å². The van der Waals surface area contributed by atoms with Gasteiger partial charge in [-0.3, -0.25) is 4.79 Å². The molecule has 0 radical (unpaired) electrons. The highest BCUT2D eigenvalue weighted by molar-refractivity contribution is 9.10. The molecular weight excluding hydrogens is 486 g/mol. The molecule has 0 unspecified atom stereocenters. The summed E-state index contributed by atoms with van der Waals surface area (Å²) in [6.07, 6.45) is 5.72. The predicted octanol–water partition coefficient (Wildman–Crippen LogP) is 4.71. The van der Waals surface area contributed by atoms with E-state index in [-0.39, 0.29) is 11.9 Å². The van der Waals surface area contributed by atoms with E-state index in [4.69, 9.17) is 10.5 Å². The zero-order valence-corrected chi connectivity index (χ0v) is 20.9. The Morgan fingerprint density at radius 3 is 2.41 bits per heavy atom. The van der Waals surface area contributed by atoms with Crippen LogP contribution in [0.3, 0.4) is 0 Å². The zero-order chi connectivity index (χ0) is 22.1. The van der Waals surface area contributed by atoms with Gasteiger partial charge in [-0.15, -0.1) is 11.3 Å². The molecule has 2 aromatic rings. The van der Waals surface area contributed by atoms with E-state index in [1.807, 2.05) is 4.90 Å². The molecule has 0 saturated carbocycles. The first-order valence-corrected chi connectivity index (χ1v) is 13.5. The number of thiophene rings is 1. The van der Waals surface area contributed by atoms with Crippen LogP contribution in [0.15, 0.2) is 34.8 Å². The van der Waals surface area contributed by atoms with E-state index in [1.54, 1.807) is 11.3 Å². The van der Waals surface area contributed by atoms with Crippen molar-refractivity contribution in [2.45, 2.75) is 50.1 Å². The summed E-state index contributed by atoms with van der Waals surface area (Å²) in [7, 11) is 0. The van der Waals surface area contributed by atoms with E-state index >= 15 is 0 Å². The van der Waals surface area contributed by atoms with Crippen molar-refractivity contribution in [3.8, 4) is 10.4 Å². The van der Waals surface area contributed by atoms with Crippen molar-refractivity contribution in [1.82, 2.24) is 9.80 Å². The number of nitrogens with zero attached hydrogens (tertiary/aromatic N) is 2. The van der Waals surface area contributed by atoms with Crippen LogP contribution in [0.5, 0.6) is 0 Å². The Bertz CT molecular complexity index is 933. The third-order valence-corrected chi connectivity index (χ3v) is 9.36. The Balaban J connectivity index is 1.22. The van der Waals surface area contributed by atoms with Crippen LogP contribution in [0.4, 0.5) is 0 Å². The van der Waals surface area contributed by atoms with Crippen molar-refractivity contribution in [2.75, 3.05) is 39.4 Å². The van der Waals surface area contributed by atoms with E-state index in [2.05, 4.69) is 51.2 Å². The van der Waals surface area contributed by atoms with E-state index in [9.17, 15) is 4.79 Å². The van der Waals surface area contributed by atoms with Gasteiger partial charge in [-0.25, -0.2) is 0 Å². The minimum absolute atomic E-state index is 0.0917. The van der Waals surface area contributed by atoms with Crippen LogP contribution in [0.1, 0.15) is 53.3 Å². The number of hydrogen-bond donors (Lipinski definition) is 1. The number of carbonyl (C=O) groups excluding carboxylic acids is 1. The molecule has 1 aromatic carbocycles. The first-order chi connectivity index (χ1) is 15.6. The third kappa shape index (κ3) is 4.82. The van der Waals surface area contributed by atoms with Gasteiger partial charge in [-0.05, 0) is 84.2 Å². The number of rotatable bonds is 4. The van der Waals surface area contributed by atoms with Gasteiger partial charge in [0.25, 0.3) is 5.91 Å². The van der Waals surface area contributed by atoms with E-state index in [0.29, 0.717) is 12.5 Å². The smallest absolute Gasteiger partial charge is 0.265 e. The van der Waals surface area contributed by atoms with Gasteiger partial charge in [0, 0.05) is 47.7 Å². The molecule has 1 amide bonds. The van der Waals surface area contributed by atoms with Crippen molar-refractivity contribution >= 4 is 33.2 Å². The van der Waals surface area contributed by atoms with Gasteiger partial charge in [0.05, 0.1) is 0 Å². The summed E-state index contributed by atoms with van der Waals surface area (Å²) in [5.74, 6) is 0.737. The fourth-order valence-corrected chi connectivity index (χ4v) is 7.16. The molecule has 172 valence electrons. The molecule has 3 saturated heterocycles. The fraction of sp³-hybridized carbons (Fsp3) is 0.560. The number of hydrogen-bond acceptors (Lipinski definition) is 5. The largest absolute Gasteiger partial charge is 0.381 e. The number of likely N-dealkylation sites (tertiary alicyclic amines) is 2. The van der Waals surface area contributed by atoms with Gasteiger partial charge in [-0.1, -0.05) is 24.3 Å². The van der Waals surface area contributed by atoms with Crippen LogP contribution in [0.25, 0.3) is 10.4 Å². The SMILES string of the molecule is N[C@H]1CCN(C(=O)c2sc(-c3ccc(C4CCN(C5CCOCC5)CC4)cc3)cc2Br)C1. The lowest BCUT2D eigenvalue weighted by Gasteiger charge is -2.39. The lowest BCUT2D eigenvalue weighted by atomic mass is 9.88. The van der Waals surface area contributed by atoms with Gasteiger partial charge in [0.1, 0.15) is 4.88 Å². The monoisotopic (exact) mass is 517 g/mol. The Hall–Kier alpha value is -1.25. The van der Waals surface area contributed by atoms with Crippen LogP contribution >= 0.6 is 27.3 Å². The molecule has 1 atom stereocenters. The van der Waals surface area contributed by atoms with Gasteiger partial charge in [0.2, 0.25) is 0 Å². The number of benzene rings is 1. The molecule has 0 bridgehead atoms. The minimum Gasteiger partial charge on any atom is -0.381 e.